The van der Waals surface area contributed by atoms with Crippen LogP contribution in [0.4, 0.5) is 10.1 Å². The maximum Gasteiger partial charge on any atom is 0.329 e. The zero-order valence-corrected chi connectivity index (χ0v) is 21.2. The number of rotatable bonds is 7. The smallest absolute Gasteiger partial charge is 0.329 e. The van der Waals surface area contributed by atoms with Crippen LogP contribution < -0.4 is 20.1 Å². The Morgan fingerprint density at radius 1 is 1.03 bits per heavy atom. The van der Waals surface area contributed by atoms with Crippen molar-refractivity contribution in [2.75, 3.05) is 25.1 Å². The van der Waals surface area contributed by atoms with Gasteiger partial charge in [0.05, 0.1) is 37.0 Å². The first-order valence-corrected chi connectivity index (χ1v) is 12.4. The lowest BCUT2D eigenvalue weighted by molar-refractivity contribution is 0.239. The van der Waals surface area contributed by atoms with Crippen molar-refractivity contribution in [1.82, 2.24) is 9.13 Å². The number of aryl methyl sites for hydroxylation is 1. The van der Waals surface area contributed by atoms with Crippen LogP contribution in [0, 0.1) is 12.7 Å². The lowest BCUT2D eigenvalue weighted by atomic mass is 10.2. The maximum absolute atomic E-state index is 14.7. The van der Waals surface area contributed by atoms with Gasteiger partial charge in [-0.2, -0.15) is 0 Å². The zero-order chi connectivity index (χ0) is 25.4. The van der Waals surface area contributed by atoms with Gasteiger partial charge in [0.15, 0.2) is 0 Å². The lowest BCUT2D eigenvalue weighted by Gasteiger charge is -2.21. The zero-order valence-electron chi connectivity index (χ0n) is 21.2. The SMILES string of the molecule is COc1cccc2c1n(Cc1ccccc1OC(C)C)c(=O)n2[C@@H]1CCN(c2c(C)cccc2F)C1. The summed E-state index contributed by atoms with van der Waals surface area (Å²) in [5.41, 5.74) is 3.91. The summed E-state index contributed by atoms with van der Waals surface area (Å²) in [6.07, 6.45) is 0.766. The second kappa shape index (κ2) is 9.72. The molecule has 1 atom stereocenters. The molecule has 1 aliphatic rings. The van der Waals surface area contributed by atoms with Gasteiger partial charge < -0.3 is 14.4 Å². The molecular formula is C29H32FN3O3. The Labute approximate surface area is 210 Å². The van der Waals surface area contributed by atoms with Crippen molar-refractivity contribution < 1.29 is 13.9 Å². The van der Waals surface area contributed by atoms with Gasteiger partial charge in [-0.3, -0.25) is 9.13 Å². The number of aromatic nitrogens is 2. The van der Waals surface area contributed by atoms with Crippen LogP contribution in [0.15, 0.2) is 65.5 Å². The summed E-state index contributed by atoms with van der Waals surface area (Å²) in [4.78, 5) is 16.0. The van der Waals surface area contributed by atoms with E-state index in [0.29, 0.717) is 31.1 Å². The Kier molecular flexibility index (Phi) is 6.48. The number of imidazole rings is 1. The van der Waals surface area contributed by atoms with Gasteiger partial charge in [0.2, 0.25) is 0 Å². The molecule has 0 spiro atoms. The molecule has 7 heteroatoms. The number of ether oxygens (including phenoxy) is 2. The minimum atomic E-state index is -0.228. The summed E-state index contributed by atoms with van der Waals surface area (Å²) in [6.45, 7) is 7.49. The number of halogens is 1. The minimum absolute atomic E-state index is 0.0186. The standard InChI is InChI=1S/C29H32FN3O3/c1-19(2)36-25-13-6-5-10-21(25)17-32-28-24(12-8-14-26(28)35-4)33(29(32)34)22-15-16-31(18-22)27-20(3)9-7-11-23(27)30/h5-14,19,22H,15-18H2,1-4H3/t22-/m1/s1. The molecule has 0 saturated carbocycles. The third-order valence-corrected chi connectivity index (χ3v) is 6.86. The number of fused-ring (bicyclic) bond motifs is 1. The van der Waals surface area contributed by atoms with Crippen molar-refractivity contribution >= 4 is 16.7 Å². The van der Waals surface area contributed by atoms with Crippen molar-refractivity contribution in [2.45, 2.75) is 45.9 Å². The molecule has 0 unspecified atom stereocenters. The number of hydrogen-bond donors (Lipinski definition) is 0. The van der Waals surface area contributed by atoms with Gasteiger partial charge in [0, 0.05) is 18.7 Å². The molecule has 1 saturated heterocycles. The number of hydrogen-bond acceptors (Lipinski definition) is 4. The second-order valence-corrected chi connectivity index (χ2v) is 9.63. The molecular weight excluding hydrogens is 457 g/mol. The van der Waals surface area contributed by atoms with Crippen molar-refractivity contribution in [3.05, 3.63) is 88.1 Å². The van der Waals surface area contributed by atoms with E-state index >= 15 is 0 Å². The van der Waals surface area contributed by atoms with Crippen molar-refractivity contribution in [2.24, 2.45) is 0 Å². The van der Waals surface area contributed by atoms with E-state index in [1.54, 1.807) is 17.7 Å². The summed E-state index contributed by atoms with van der Waals surface area (Å²) in [6, 6.07) is 18.6. The first-order chi connectivity index (χ1) is 17.4. The van der Waals surface area contributed by atoms with E-state index in [1.807, 2.05) is 73.9 Å². The van der Waals surface area contributed by atoms with Gasteiger partial charge >= 0.3 is 5.69 Å². The summed E-state index contributed by atoms with van der Waals surface area (Å²) in [5.74, 6) is 1.18. The van der Waals surface area contributed by atoms with Crippen LogP contribution in [0.2, 0.25) is 0 Å². The average Bonchev–Trinajstić information content (AvgIpc) is 3.42. The van der Waals surface area contributed by atoms with Crippen LogP contribution in [0.3, 0.4) is 0 Å². The van der Waals surface area contributed by atoms with Gasteiger partial charge in [-0.1, -0.05) is 36.4 Å². The van der Waals surface area contributed by atoms with E-state index in [-0.39, 0.29) is 23.7 Å². The Morgan fingerprint density at radius 3 is 2.53 bits per heavy atom. The molecule has 4 aromatic rings. The van der Waals surface area contributed by atoms with Crippen LogP contribution in [0.5, 0.6) is 11.5 Å². The van der Waals surface area contributed by atoms with Crippen molar-refractivity contribution in [3.63, 3.8) is 0 Å². The monoisotopic (exact) mass is 489 g/mol. The highest BCUT2D eigenvalue weighted by Gasteiger charge is 2.31. The van der Waals surface area contributed by atoms with Crippen LogP contribution >= 0.6 is 0 Å². The molecule has 0 N–H and O–H groups in total. The Hall–Kier alpha value is -3.74. The molecule has 6 nitrogen and oxygen atoms in total. The third kappa shape index (κ3) is 4.23. The van der Waals surface area contributed by atoms with E-state index in [4.69, 9.17) is 9.47 Å². The summed E-state index contributed by atoms with van der Waals surface area (Å²) in [7, 11) is 1.62. The third-order valence-electron chi connectivity index (χ3n) is 6.86. The van der Waals surface area contributed by atoms with E-state index < -0.39 is 0 Å². The fourth-order valence-corrected chi connectivity index (χ4v) is 5.32. The average molecular weight is 490 g/mol. The predicted octanol–water partition coefficient (Wildman–Crippen LogP) is 5.55. The molecule has 36 heavy (non-hydrogen) atoms. The molecule has 188 valence electrons. The van der Waals surface area contributed by atoms with Crippen molar-refractivity contribution in [3.8, 4) is 11.5 Å². The molecule has 3 aromatic carbocycles. The molecule has 0 bridgehead atoms. The number of anilines is 1. The fraction of sp³-hybridized carbons (Fsp3) is 0.345. The molecule has 1 fully saturated rings. The second-order valence-electron chi connectivity index (χ2n) is 9.63. The number of nitrogens with zero attached hydrogens (tertiary/aromatic N) is 3. The fourth-order valence-electron chi connectivity index (χ4n) is 5.32. The van der Waals surface area contributed by atoms with Crippen LogP contribution in [0.1, 0.15) is 37.4 Å². The van der Waals surface area contributed by atoms with Crippen LogP contribution in [-0.2, 0) is 6.54 Å². The number of benzene rings is 3. The lowest BCUT2D eigenvalue weighted by Crippen LogP contribution is -2.30. The number of para-hydroxylation sites is 3. The van der Waals surface area contributed by atoms with E-state index in [1.165, 1.54) is 6.07 Å². The summed E-state index contributed by atoms with van der Waals surface area (Å²) >= 11 is 0. The first kappa shape index (κ1) is 24.0. The largest absolute Gasteiger partial charge is 0.494 e. The van der Waals surface area contributed by atoms with Gasteiger partial charge in [-0.15, -0.1) is 0 Å². The Balaban J connectivity index is 1.59. The van der Waals surface area contributed by atoms with Gasteiger partial charge in [0.25, 0.3) is 0 Å². The van der Waals surface area contributed by atoms with Gasteiger partial charge in [0.1, 0.15) is 22.8 Å². The maximum atomic E-state index is 14.7. The number of methoxy groups -OCH3 is 1. The molecule has 1 aromatic heterocycles. The van der Waals surface area contributed by atoms with Crippen LogP contribution in [-0.4, -0.2) is 35.4 Å². The molecule has 0 radical (unpaired) electrons. The van der Waals surface area contributed by atoms with Crippen molar-refractivity contribution in [1.29, 1.82) is 0 Å². The van der Waals surface area contributed by atoms with Gasteiger partial charge in [-0.05, 0) is 57.0 Å². The Bertz CT molecular complexity index is 1440. The quantitative estimate of drug-likeness (QED) is 0.342. The molecule has 0 aliphatic carbocycles. The van der Waals surface area contributed by atoms with Crippen LogP contribution in [0.25, 0.3) is 11.0 Å². The topological polar surface area (TPSA) is 48.6 Å². The molecule has 2 heterocycles. The highest BCUT2D eigenvalue weighted by atomic mass is 19.1. The molecule has 0 amide bonds. The summed E-state index contributed by atoms with van der Waals surface area (Å²) < 4.78 is 30.0. The Morgan fingerprint density at radius 2 is 1.78 bits per heavy atom. The minimum Gasteiger partial charge on any atom is -0.494 e. The predicted molar refractivity (Wildman–Crippen MR) is 141 cm³/mol. The molecule has 5 rings (SSSR count). The summed E-state index contributed by atoms with van der Waals surface area (Å²) in [5, 5.41) is 0. The first-order valence-electron chi connectivity index (χ1n) is 12.4. The highest BCUT2D eigenvalue weighted by Crippen LogP contribution is 2.34. The van der Waals surface area contributed by atoms with Gasteiger partial charge in [-0.25, -0.2) is 9.18 Å². The molecule has 1 aliphatic heterocycles. The van der Waals surface area contributed by atoms with E-state index in [0.717, 1.165) is 34.3 Å². The van der Waals surface area contributed by atoms with E-state index in [2.05, 4.69) is 4.90 Å². The van der Waals surface area contributed by atoms with E-state index in [9.17, 15) is 9.18 Å². The normalized spacial score (nSPS) is 15.7. The highest BCUT2D eigenvalue weighted by molar-refractivity contribution is 5.83.